The van der Waals surface area contributed by atoms with E-state index < -0.39 is 22.7 Å². The fraction of sp³-hybridized carbons (Fsp3) is 0.226. The van der Waals surface area contributed by atoms with Crippen molar-refractivity contribution in [2.45, 2.75) is 85.8 Å². The molecule has 6 atom stereocenters. The molecule has 0 bridgehead atoms. The van der Waals surface area contributed by atoms with Crippen LogP contribution in [-0.4, -0.2) is 45.1 Å². The van der Waals surface area contributed by atoms with Gasteiger partial charge in [-0.25, -0.2) is 19.6 Å². The number of nitrogens with zero attached hydrogens (tertiary/aromatic N) is 2. The first kappa shape index (κ1) is 54.1. The Morgan fingerprint density at radius 2 is 0.824 bits per heavy atom. The number of hydrogen-bond donors (Lipinski definition) is 2. The summed E-state index contributed by atoms with van der Waals surface area (Å²) in [5, 5.41) is 19.2. The Balaban J connectivity index is 1.16. The number of aromatic carboxylic acids is 2. The number of hydrogen-bond acceptors (Lipinski definition) is 8. The van der Waals surface area contributed by atoms with E-state index in [9.17, 15) is 29.4 Å². The van der Waals surface area contributed by atoms with E-state index in [0.717, 1.165) is 57.3 Å². The third-order valence-corrected chi connectivity index (χ3v) is 14.5. The van der Waals surface area contributed by atoms with Gasteiger partial charge in [-0.15, -0.1) is 23.2 Å². The van der Waals surface area contributed by atoms with Gasteiger partial charge in [-0.3, -0.25) is 9.59 Å². The van der Waals surface area contributed by atoms with Gasteiger partial charge in [-0.05, 0) is 143 Å². The molecule has 0 saturated carbocycles. The van der Waals surface area contributed by atoms with Crippen LogP contribution in [-0.2, 0) is 22.4 Å². The maximum atomic E-state index is 12.3. The molecule has 0 amide bonds. The molecule has 12 heteroatoms. The van der Waals surface area contributed by atoms with E-state index in [0.29, 0.717) is 49.7 Å². The van der Waals surface area contributed by atoms with Crippen molar-refractivity contribution in [1.82, 2.24) is 9.97 Å². The van der Waals surface area contributed by atoms with Crippen molar-refractivity contribution in [2.75, 3.05) is 0 Å². The predicted octanol–water partition coefficient (Wildman–Crippen LogP) is 14.8. The molecule has 0 radical (unpaired) electrons. The number of carbonyl (C=O) groups is 4. The number of carbonyl (C=O) groups excluding carboxylic acids is 2. The molecular weight excluding hydrogens is 972 g/mol. The Hall–Kier alpha value is -7.66. The van der Waals surface area contributed by atoms with Gasteiger partial charge in [0, 0.05) is 12.1 Å². The van der Waals surface area contributed by atoms with Crippen LogP contribution < -0.4 is 9.47 Å². The normalized spacial score (nSPS) is 13.5. The number of benzene rings is 5. The molecule has 0 aliphatic carbocycles. The molecule has 2 aromatic heterocycles. The smallest absolute Gasteiger partial charge is 0.354 e. The van der Waals surface area contributed by atoms with Crippen molar-refractivity contribution in [1.29, 1.82) is 0 Å². The molecule has 0 saturated heterocycles. The zero-order chi connectivity index (χ0) is 52.4. The van der Waals surface area contributed by atoms with Gasteiger partial charge in [-0.1, -0.05) is 159 Å². The third-order valence-electron chi connectivity index (χ3n) is 13.7. The highest BCUT2D eigenvalue weighted by molar-refractivity contribution is 6.21. The average Bonchev–Trinajstić information content (AvgIpc) is 3.43. The van der Waals surface area contributed by atoms with Crippen LogP contribution in [0.3, 0.4) is 0 Å². The third kappa shape index (κ3) is 15.2. The van der Waals surface area contributed by atoms with Gasteiger partial charge in [0.05, 0.1) is 10.8 Å². The minimum atomic E-state index is -1.23. The lowest BCUT2D eigenvalue weighted by Gasteiger charge is -2.28. The van der Waals surface area contributed by atoms with Crippen molar-refractivity contribution in [2.24, 2.45) is 0 Å². The van der Waals surface area contributed by atoms with Crippen LogP contribution in [0.15, 0.2) is 171 Å². The highest BCUT2D eigenvalue weighted by Crippen LogP contribution is 2.44. The van der Waals surface area contributed by atoms with Gasteiger partial charge in [0.15, 0.2) is 11.4 Å². The Labute approximate surface area is 442 Å². The molecule has 2 heterocycles. The molecule has 0 spiro atoms. The maximum absolute atomic E-state index is 12.3. The van der Waals surface area contributed by atoms with Crippen LogP contribution in [0.1, 0.15) is 150 Å². The topological polar surface area (TPSA) is 153 Å². The van der Waals surface area contributed by atoms with Crippen molar-refractivity contribution < 1.29 is 38.9 Å². The summed E-state index contributed by atoms with van der Waals surface area (Å²) in [6.07, 6.45) is 8.64. The zero-order valence-electron chi connectivity index (χ0n) is 40.8. The second-order valence-corrected chi connectivity index (χ2v) is 19.5. The number of ether oxygens (including phenoxy) is 2. The van der Waals surface area contributed by atoms with E-state index in [2.05, 4.69) is 71.7 Å². The van der Waals surface area contributed by atoms with Crippen LogP contribution in [0.4, 0.5) is 0 Å². The Kier molecular flexibility index (Phi) is 19.6. The van der Waals surface area contributed by atoms with E-state index in [4.69, 9.17) is 32.7 Å². The number of aryl methyl sites for hydroxylation is 2. The van der Waals surface area contributed by atoms with Crippen LogP contribution in [0.25, 0.3) is 12.2 Å². The number of rotatable bonds is 28. The molecule has 0 aliphatic rings. The average molecular weight is 1030 g/mol. The molecule has 378 valence electrons. The fourth-order valence-electron chi connectivity index (χ4n) is 9.69. The van der Waals surface area contributed by atoms with Gasteiger partial charge in [0.2, 0.25) is 11.8 Å². The molecule has 7 aromatic rings. The Bertz CT molecular complexity index is 2780. The Morgan fingerprint density at radius 3 is 1.15 bits per heavy atom. The monoisotopic (exact) mass is 1030 g/mol. The van der Waals surface area contributed by atoms with E-state index in [1.165, 1.54) is 0 Å². The molecule has 6 unspecified atom stereocenters. The molecule has 0 aliphatic heterocycles. The summed E-state index contributed by atoms with van der Waals surface area (Å²) in [7, 11) is 0. The van der Waals surface area contributed by atoms with E-state index in [1.807, 2.05) is 84.9 Å². The van der Waals surface area contributed by atoms with E-state index in [1.54, 1.807) is 36.4 Å². The standard InChI is InChI=1S/C62H58Cl2N2O8/c1-3-41-15-21-45(22-16-41)51(31-49(25-19-43-11-7-5-8-12-43)53-35-57(61(69)70)65-59(37-53)73-39-67)33-55(63)47-27-29-48(30-28-47)56(64)34-52(46-23-17-42(4-2)18-24-46)32-50(26-20-44-13-9-6-10-14-44)54-36-58(62(71)72)66-60(38-54)74-40-68/h3-18,21-24,27-30,35-40,49-52,55-56H,1-2,19-20,25-26,31-34H2,(H,69,70)(H,71,72). The molecule has 74 heavy (non-hydrogen) atoms. The van der Waals surface area contributed by atoms with Crippen molar-refractivity contribution >= 4 is 60.2 Å². The summed E-state index contributed by atoms with van der Waals surface area (Å²) in [5.41, 5.74) is 9.11. The van der Waals surface area contributed by atoms with Crippen LogP contribution in [0.2, 0.25) is 0 Å². The van der Waals surface area contributed by atoms with Crippen LogP contribution >= 0.6 is 23.2 Å². The van der Waals surface area contributed by atoms with Crippen LogP contribution in [0, 0.1) is 0 Å². The SMILES string of the molecule is C=Cc1ccc(C(CC(Cl)c2ccc(C(Cl)CC(CC(CCc3ccccc3)c3cc(OC=O)nc(C(=O)O)c3)c3ccc(C=C)cc3)cc2)CC(CCc2ccccc2)c2cc(OC=O)nc(C(=O)O)c2)cc1. The second kappa shape index (κ2) is 26.9. The van der Waals surface area contributed by atoms with Gasteiger partial charge in [-0.2, -0.15) is 0 Å². The lowest BCUT2D eigenvalue weighted by atomic mass is 9.79. The summed E-state index contributed by atoms with van der Waals surface area (Å²) in [4.78, 5) is 55.5. The summed E-state index contributed by atoms with van der Waals surface area (Å²) in [6.45, 7) is 8.37. The first-order valence-electron chi connectivity index (χ1n) is 24.5. The van der Waals surface area contributed by atoms with Gasteiger partial charge < -0.3 is 19.7 Å². The quantitative estimate of drug-likeness (QED) is 0.0358. The number of halogens is 2. The molecule has 0 fully saturated rings. The van der Waals surface area contributed by atoms with E-state index in [-0.39, 0.29) is 59.8 Å². The molecule has 5 aromatic carbocycles. The molecule has 7 rings (SSSR count). The first-order valence-corrected chi connectivity index (χ1v) is 25.4. The lowest BCUT2D eigenvalue weighted by Crippen LogP contribution is -2.13. The number of pyridine rings is 2. The summed E-state index contributed by atoms with van der Waals surface area (Å²) >= 11 is 14.9. The van der Waals surface area contributed by atoms with Crippen molar-refractivity contribution in [3.8, 4) is 11.8 Å². The van der Waals surface area contributed by atoms with Crippen molar-refractivity contribution in [3.63, 3.8) is 0 Å². The molecular formula is C62H58Cl2N2O8. The van der Waals surface area contributed by atoms with Crippen LogP contribution in [0.5, 0.6) is 11.8 Å². The van der Waals surface area contributed by atoms with Gasteiger partial charge >= 0.3 is 11.9 Å². The number of aromatic nitrogens is 2. The molecule has 2 N–H and O–H groups in total. The minimum absolute atomic E-state index is 0.0814. The number of alkyl halides is 2. The van der Waals surface area contributed by atoms with E-state index >= 15 is 0 Å². The summed E-state index contributed by atoms with van der Waals surface area (Å²) < 4.78 is 10.2. The zero-order valence-corrected chi connectivity index (χ0v) is 42.4. The largest absolute Gasteiger partial charge is 0.477 e. The summed E-state index contributed by atoms with van der Waals surface area (Å²) in [5.74, 6) is -3.17. The predicted molar refractivity (Wildman–Crippen MR) is 291 cm³/mol. The molecule has 10 nitrogen and oxygen atoms in total. The lowest BCUT2D eigenvalue weighted by molar-refractivity contribution is -0.121. The van der Waals surface area contributed by atoms with Gasteiger partial charge in [0.1, 0.15) is 0 Å². The van der Waals surface area contributed by atoms with Crippen molar-refractivity contribution in [3.05, 3.63) is 238 Å². The maximum Gasteiger partial charge on any atom is 0.354 e. The fourth-order valence-corrected chi connectivity index (χ4v) is 10.4. The number of carboxylic acids is 2. The highest BCUT2D eigenvalue weighted by atomic mass is 35.5. The first-order chi connectivity index (χ1) is 35.9. The summed E-state index contributed by atoms with van der Waals surface area (Å²) in [6, 6.07) is 51.1. The highest BCUT2D eigenvalue weighted by Gasteiger charge is 2.28. The number of carboxylic acid groups (broad SMARTS) is 2. The van der Waals surface area contributed by atoms with Gasteiger partial charge in [0.25, 0.3) is 12.9 Å². The second-order valence-electron chi connectivity index (χ2n) is 18.4. The Morgan fingerprint density at radius 1 is 0.473 bits per heavy atom. The minimum Gasteiger partial charge on any atom is -0.477 e.